The summed E-state index contributed by atoms with van der Waals surface area (Å²) in [6.45, 7) is 3.65. The van der Waals surface area contributed by atoms with Crippen molar-refractivity contribution >= 4 is 17.8 Å². The van der Waals surface area contributed by atoms with Crippen molar-refractivity contribution in [3.8, 4) is 0 Å². The number of carbonyl (C=O) groups is 2. The number of hydrogen-bond donors (Lipinski definition) is 1. The number of pyridine rings is 1. The number of methoxy groups -OCH3 is 1. The second kappa shape index (κ2) is 8.18. The molecule has 0 saturated carbocycles. The average molecular weight is 346 g/mol. The van der Waals surface area contributed by atoms with Gasteiger partial charge in [0.2, 0.25) is 0 Å². The van der Waals surface area contributed by atoms with Crippen LogP contribution in [0.1, 0.15) is 31.2 Å². The molecule has 136 valence electrons. The van der Waals surface area contributed by atoms with E-state index < -0.39 is 0 Å². The Kier molecular flexibility index (Phi) is 5.73. The molecule has 0 aliphatic carbocycles. The molecule has 1 N–H and O–H groups in total. The van der Waals surface area contributed by atoms with E-state index in [9.17, 15) is 9.59 Å². The van der Waals surface area contributed by atoms with Crippen molar-refractivity contribution in [3.05, 3.63) is 23.9 Å². The second-order valence-corrected chi connectivity index (χ2v) is 6.68. The van der Waals surface area contributed by atoms with Gasteiger partial charge in [-0.2, -0.15) is 0 Å². The van der Waals surface area contributed by atoms with Crippen LogP contribution in [-0.2, 0) is 16.1 Å². The number of rotatable bonds is 4. The highest BCUT2D eigenvalue weighted by Gasteiger charge is 2.28. The Labute approximate surface area is 148 Å². The zero-order valence-electron chi connectivity index (χ0n) is 14.7. The number of hydrogen-bond acceptors (Lipinski definition) is 5. The van der Waals surface area contributed by atoms with Gasteiger partial charge in [-0.1, -0.05) is 0 Å². The van der Waals surface area contributed by atoms with Gasteiger partial charge in [0.05, 0.1) is 13.0 Å². The van der Waals surface area contributed by atoms with Gasteiger partial charge in [0, 0.05) is 38.9 Å². The van der Waals surface area contributed by atoms with Crippen molar-refractivity contribution in [2.45, 2.75) is 32.2 Å². The lowest BCUT2D eigenvalue weighted by Gasteiger charge is -2.31. The number of anilines is 1. The van der Waals surface area contributed by atoms with Crippen LogP contribution in [-0.4, -0.2) is 55.2 Å². The smallest absolute Gasteiger partial charge is 0.317 e. The van der Waals surface area contributed by atoms with Gasteiger partial charge in [0.25, 0.3) is 0 Å². The Morgan fingerprint density at radius 1 is 1.28 bits per heavy atom. The van der Waals surface area contributed by atoms with Crippen LogP contribution in [0.4, 0.5) is 10.6 Å². The summed E-state index contributed by atoms with van der Waals surface area (Å²) in [6.07, 6.45) is 5.81. The first-order valence-corrected chi connectivity index (χ1v) is 8.98. The Morgan fingerprint density at radius 2 is 2.08 bits per heavy atom. The second-order valence-electron chi connectivity index (χ2n) is 6.68. The highest BCUT2D eigenvalue weighted by molar-refractivity contribution is 5.77. The highest BCUT2D eigenvalue weighted by atomic mass is 16.5. The largest absolute Gasteiger partial charge is 0.469 e. The van der Waals surface area contributed by atoms with Gasteiger partial charge in [-0.15, -0.1) is 0 Å². The number of urea groups is 1. The number of nitrogens with zero attached hydrogens (tertiary/aromatic N) is 3. The van der Waals surface area contributed by atoms with Crippen LogP contribution in [0, 0.1) is 5.92 Å². The fraction of sp³-hybridized carbons (Fsp3) is 0.611. The lowest BCUT2D eigenvalue weighted by molar-refractivity contribution is -0.146. The zero-order valence-corrected chi connectivity index (χ0v) is 14.7. The van der Waals surface area contributed by atoms with Crippen LogP contribution in [0.5, 0.6) is 0 Å². The normalized spacial score (nSPS) is 20.4. The molecule has 0 bridgehead atoms. The summed E-state index contributed by atoms with van der Waals surface area (Å²) >= 11 is 0. The van der Waals surface area contributed by atoms with Crippen LogP contribution in [0.2, 0.25) is 0 Å². The standard InChI is InChI=1S/C18H26N4O3/c1-25-17(23)15-5-4-10-22(13-15)18(24)20-12-14-6-7-19-16(11-14)21-8-2-3-9-21/h6-7,11,15H,2-5,8-10,12-13H2,1H3,(H,20,24). The first-order valence-electron chi connectivity index (χ1n) is 8.98. The minimum Gasteiger partial charge on any atom is -0.469 e. The molecule has 7 heteroatoms. The Balaban J connectivity index is 1.53. The summed E-state index contributed by atoms with van der Waals surface area (Å²) in [6, 6.07) is 3.83. The van der Waals surface area contributed by atoms with Gasteiger partial charge in [0.1, 0.15) is 5.82 Å². The number of amides is 2. The van der Waals surface area contributed by atoms with Gasteiger partial charge < -0.3 is 19.9 Å². The lowest BCUT2D eigenvalue weighted by Crippen LogP contribution is -2.47. The molecule has 1 unspecified atom stereocenters. The van der Waals surface area contributed by atoms with Gasteiger partial charge >= 0.3 is 12.0 Å². The van der Waals surface area contributed by atoms with E-state index in [2.05, 4.69) is 15.2 Å². The fourth-order valence-electron chi connectivity index (χ4n) is 3.50. The number of carbonyl (C=O) groups excluding carboxylic acids is 2. The van der Waals surface area contributed by atoms with Crippen LogP contribution in [0.3, 0.4) is 0 Å². The molecule has 1 atom stereocenters. The molecule has 1 aromatic rings. The van der Waals surface area contributed by atoms with E-state index in [1.165, 1.54) is 20.0 Å². The molecule has 7 nitrogen and oxygen atoms in total. The number of piperidine rings is 1. The number of likely N-dealkylation sites (tertiary alicyclic amines) is 1. The molecule has 2 saturated heterocycles. The van der Waals surface area contributed by atoms with E-state index in [0.29, 0.717) is 19.6 Å². The average Bonchev–Trinajstić information content (AvgIpc) is 3.20. The number of esters is 1. The fourth-order valence-corrected chi connectivity index (χ4v) is 3.50. The first kappa shape index (κ1) is 17.5. The van der Waals surface area contributed by atoms with Crippen LogP contribution in [0.15, 0.2) is 18.3 Å². The molecule has 2 fully saturated rings. The van der Waals surface area contributed by atoms with E-state index in [1.54, 1.807) is 11.1 Å². The molecule has 0 radical (unpaired) electrons. The van der Waals surface area contributed by atoms with Gasteiger partial charge in [-0.3, -0.25) is 4.79 Å². The minimum atomic E-state index is -0.234. The number of aromatic nitrogens is 1. The van der Waals surface area contributed by atoms with Crippen LogP contribution in [0.25, 0.3) is 0 Å². The summed E-state index contributed by atoms with van der Waals surface area (Å²) in [7, 11) is 1.39. The van der Waals surface area contributed by atoms with Crippen molar-refractivity contribution < 1.29 is 14.3 Å². The Morgan fingerprint density at radius 3 is 2.84 bits per heavy atom. The third kappa shape index (κ3) is 4.41. The summed E-state index contributed by atoms with van der Waals surface area (Å²) in [5.41, 5.74) is 1.03. The maximum Gasteiger partial charge on any atom is 0.317 e. The highest BCUT2D eigenvalue weighted by Crippen LogP contribution is 2.19. The van der Waals surface area contributed by atoms with E-state index in [-0.39, 0.29) is 17.9 Å². The quantitative estimate of drug-likeness (QED) is 0.841. The molecular weight excluding hydrogens is 320 g/mol. The third-order valence-electron chi connectivity index (χ3n) is 4.93. The van der Waals surface area contributed by atoms with Crippen molar-refractivity contribution in [3.63, 3.8) is 0 Å². The Bertz CT molecular complexity index is 616. The molecular formula is C18H26N4O3. The summed E-state index contributed by atoms with van der Waals surface area (Å²) in [5.74, 6) is 0.530. The summed E-state index contributed by atoms with van der Waals surface area (Å²) in [5, 5.41) is 2.95. The number of ether oxygens (including phenoxy) is 1. The van der Waals surface area contributed by atoms with E-state index in [1.807, 2.05) is 12.1 Å². The first-order chi connectivity index (χ1) is 12.2. The van der Waals surface area contributed by atoms with Crippen LogP contribution < -0.4 is 10.2 Å². The van der Waals surface area contributed by atoms with E-state index in [0.717, 1.165) is 37.3 Å². The summed E-state index contributed by atoms with van der Waals surface area (Å²) < 4.78 is 4.80. The van der Waals surface area contributed by atoms with Gasteiger partial charge in [-0.25, -0.2) is 9.78 Å². The maximum absolute atomic E-state index is 12.4. The topological polar surface area (TPSA) is 74.8 Å². The van der Waals surface area contributed by atoms with Crippen LogP contribution >= 0.6 is 0 Å². The van der Waals surface area contributed by atoms with Crippen molar-refractivity contribution in [2.24, 2.45) is 5.92 Å². The molecule has 25 heavy (non-hydrogen) atoms. The molecule has 2 aliphatic heterocycles. The number of nitrogens with one attached hydrogen (secondary N) is 1. The lowest BCUT2D eigenvalue weighted by atomic mass is 9.98. The van der Waals surface area contributed by atoms with Crippen molar-refractivity contribution in [1.82, 2.24) is 15.2 Å². The third-order valence-corrected chi connectivity index (χ3v) is 4.93. The molecule has 2 amide bonds. The Hall–Kier alpha value is -2.31. The zero-order chi connectivity index (χ0) is 17.6. The summed E-state index contributed by atoms with van der Waals surface area (Å²) in [4.78, 5) is 32.5. The molecule has 0 spiro atoms. The molecule has 2 aliphatic rings. The predicted molar refractivity (Wildman–Crippen MR) is 94.2 cm³/mol. The van der Waals surface area contributed by atoms with E-state index >= 15 is 0 Å². The molecule has 3 heterocycles. The molecule has 3 rings (SSSR count). The van der Waals surface area contributed by atoms with Gasteiger partial charge in [-0.05, 0) is 43.4 Å². The molecule has 0 aromatic carbocycles. The predicted octanol–water partition coefficient (Wildman–Crippen LogP) is 1.78. The maximum atomic E-state index is 12.4. The van der Waals surface area contributed by atoms with E-state index in [4.69, 9.17) is 4.74 Å². The minimum absolute atomic E-state index is 0.131. The van der Waals surface area contributed by atoms with Crippen molar-refractivity contribution in [2.75, 3.05) is 38.2 Å². The monoisotopic (exact) mass is 346 g/mol. The molecule has 1 aromatic heterocycles. The van der Waals surface area contributed by atoms with Gasteiger partial charge in [0.15, 0.2) is 0 Å². The SMILES string of the molecule is COC(=O)C1CCCN(C(=O)NCc2ccnc(N3CCCC3)c2)C1. The van der Waals surface area contributed by atoms with Crippen molar-refractivity contribution in [1.29, 1.82) is 0 Å².